The zero-order valence-electron chi connectivity index (χ0n) is 14.3. The highest BCUT2D eigenvalue weighted by molar-refractivity contribution is 5.94. The maximum Gasteiger partial charge on any atom is 0.387 e. The second-order valence-corrected chi connectivity index (χ2v) is 6.07. The summed E-state index contributed by atoms with van der Waals surface area (Å²) in [6.45, 7) is -1.26. The minimum atomic E-state index is -2.92. The molecular weight excluding hydrogens is 344 g/mol. The van der Waals surface area contributed by atoms with Crippen molar-refractivity contribution in [2.24, 2.45) is 0 Å². The van der Waals surface area contributed by atoms with E-state index in [0.29, 0.717) is 41.9 Å². The third-order valence-electron chi connectivity index (χ3n) is 4.61. The van der Waals surface area contributed by atoms with Crippen molar-refractivity contribution in [3.8, 4) is 11.8 Å². The predicted molar refractivity (Wildman–Crippen MR) is 91.4 cm³/mol. The molecule has 0 unspecified atom stereocenters. The van der Waals surface area contributed by atoms with Crippen LogP contribution in [0.3, 0.4) is 0 Å². The van der Waals surface area contributed by atoms with E-state index in [-0.39, 0.29) is 5.75 Å². The Morgan fingerprint density at radius 2 is 2.15 bits per heavy atom. The number of ether oxygens (including phenoxy) is 3. The first-order valence-corrected chi connectivity index (χ1v) is 8.21. The Hall–Kier alpha value is -2.50. The smallest absolute Gasteiger partial charge is 0.387 e. The normalized spacial score (nSPS) is 16.4. The lowest BCUT2D eigenvalue weighted by atomic mass is 9.93. The molecule has 0 saturated carbocycles. The molecule has 138 valence electrons. The number of pyridine rings is 1. The molecule has 3 rings (SSSR count). The molecule has 1 aromatic heterocycles. The van der Waals surface area contributed by atoms with Crippen LogP contribution in [0, 0.1) is 11.3 Å². The first kappa shape index (κ1) is 18.3. The summed E-state index contributed by atoms with van der Waals surface area (Å²) in [6.07, 6.45) is 2.91. The zero-order valence-corrected chi connectivity index (χ0v) is 14.3. The molecule has 0 bridgehead atoms. The van der Waals surface area contributed by atoms with E-state index in [1.807, 2.05) is 0 Å². The third-order valence-corrected chi connectivity index (χ3v) is 4.61. The van der Waals surface area contributed by atoms with E-state index in [4.69, 9.17) is 9.47 Å². The van der Waals surface area contributed by atoms with Crippen LogP contribution >= 0.6 is 0 Å². The van der Waals surface area contributed by atoms with Gasteiger partial charge in [0, 0.05) is 51.3 Å². The van der Waals surface area contributed by atoms with Crippen LogP contribution in [0.5, 0.6) is 5.75 Å². The topological polar surface area (TPSA) is 76.4 Å². The molecule has 26 heavy (non-hydrogen) atoms. The molecule has 1 fully saturated rings. The molecule has 1 aliphatic heterocycles. The number of hydrogen-bond donors (Lipinski definition) is 1. The van der Waals surface area contributed by atoms with Crippen molar-refractivity contribution in [2.75, 3.05) is 32.2 Å². The van der Waals surface area contributed by atoms with Gasteiger partial charge in [-0.15, -0.1) is 0 Å². The number of aromatic nitrogens is 1. The molecule has 0 amide bonds. The number of methoxy groups -OCH3 is 1. The van der Waals surface area contributed by atoms with Gasteiger partial charge in [-0.2, -0.15) is 14.0 Å². The molecule has 1 saturated heterocycles. The van der Waals surface area contributed by atoms with E-state index in [1.54, 1.807) is 13.2 Å². The minimum Gasteiger partial charge on any atom is -0.435 e. The van der Waals surface area contributed by atoms with Gasteiger partial charge in [-0.1, -0.05) is 0 Å². The monoisotopic (exact) mass is 363 g/mol. The first-order valence-electron chi connectivity index (χ1n) is 8.21. The zero-order chi connectivity index (χ0) is 18.6. The fourth-order valence-corrected chi connectivity index (χ4v) is 3.07. The summed E-state index contributed by atoms with van der Waals surface area (Å²) in [5.74, 6) is 0.0139. The van der Waals surface area contributed by atoms with Gasteiger partial charge < -0.3 is 19.5 Å². The fourth-order valence-electron chi connectivity index (χ4n) is 3.07. The van der Waals surface area contributed by atoms with Crippen LogP contribution in [-0.2, 0) is 9.47 Å². The average molecular weight is 363 g/mol. The van der Waals surface area contributed by atoms with Gasteiger partial charge in [-0.05, 0) is 18.2 Å². The van der Waals surface area contributed by atoms with Gasteiger partial charge in [-0.3, -0.25) is 4.98 Å². The van der Waals surface area contributed by atoms with Crippen molar-refractivity contribution in [1.29, 1.82) is 5.26 Å². The number of nitriles is 1. The molecule has 2 heterocycles. The predicted octanol–water partition coefficient (Wildman–Crippen LogP) is 3.32. The highest BCUT2D eigenvalue weighted by Crippen LogP contribution is 2.32. The molecule has 0 atom stereocenters. The van der Waals surface area contributed by atoms with Crippen molar-refractivity contribution in [1.82, 2.24) is 4.98 Å². The van der Waals surface area contributed by atoms with E-state index in [1.165, 1.54) is 18.3 Å². The van der Waals surface area contributed by atoms with Crippen molar-refractivity contribution < 1.29 is 23.0 Å². The number of benzene rings is 1. The fraction of sp³-hybridized carbons (Fsp3) is 0.444. The Balaban J connectivity index is 1.95. The van der Waals surface area contributed by atoms with E-state index >= 15 is 0 Å². The quantitative estimate of drug-likeness (QED) is 0.849. The first-order chi connectivity index (χ1) is 12.6. The SMILES string of the molecule is COC1(CNc2c(C#N)cnc3ccc(OC(F)F)cc23)CCOCC1. The number of alkyl halides is 2. The second-order valence-electron chi connectivity index (χ2n) is 6.07. The molecule has 0 aliphatic carbocycles. The van der Waals surface area contributed by atoms with Crippen molar-refractivity contribution in [3.63, 3.8) is 0 Å². The lowest BCUT2D eigenvalue weighted by molar-refractivity contribution is -0.0807. The Morgan fingerprint density at radius 1 is 1.38 bits per heavy atom. The van der Waals surface area contributed by atoms with Gasteiger partial charge in [0.05, 0.1) is 22.4 Å². The average Bonchev–Trinajstić information content (AvgIpc) is 2.66. The lowest BCUT2D eigenvalue weighted by Crippen LogP contribution is -2.44. The van der Waals surface area contributed by atoms with Gasteiger partial charge in [0.2, 0.25) is 0 Å². The number of halogens is 2. The molecule has 6 nitrogen and oxygen atoms in total. The van der Waals surface area contributed by atoms with Crippen LogP contribution in [-0.4, -0.2) is 44.1 Å². The van der Waals surface area contributed by atoms with E-state index < -0.39 is 12.2 Å². The van der Waals surface area contributed by atoms with Crippen LogP contribution in [0.15, 0.2) is 24.4 Å². The van der Waals surface area contributed by atoms with E-state index in [0.717, 1.165) is 12.8 Å². The number of nitrogens with zero attached hydrogens (tertiary/aromatic N) is 2. The van der Waals surface area contributed by atoms with Gasteiger partial charge in [0.1, 0.15) is 11.8 Å². The number of nitrogens with one attached hydrogen (secondary N) is 1. The molecule has 1 aromatic carbocycles. The standard InChI is InChI=1S/C18H19F2N3O3/c1-24-18(4-6-25-7-5-18)11-23-16-12(9-21)10-22-15-3-2-13(8-14(15)16)26-17(19)20/h2-3,8,10,17H,4-7,11H2,1H3,(H,22,23). The highest BCUT2D eigenvalue weighted by Gasteiger charge is 2.32. The summed E-state index contributed by atoms with van der Waals surface area (Å²) in [6, 6.07) is 6.55. The van der Waals surface area contributed by atoms with Crippen LogP contribution in [0.25, 0.3) is 10.9 Å². The minimum absolute atomic E-state index is 0.0139. The summed E-state index contributed by atoms with van der Waals surface area (Å²) >= 11 is 0. The van der Waals surface area contributed by atoms with Crippen molar-refractivity contribution in [2.45, 2.75) is 25.1 Å². The number of anilines is 1. The molecule has 0 radical (unpaired) electrons. The van der Waals surface area contributed by atoms with Crippen LogP contribution in [0.1, 0.15) is 18.4 Å². The third kappa shape index (κ3) is 3.84. The number of fused-ring (bicyclic) bond motifs is 1. The Kier molecular flexibility index (Phi) is 5.49. The molecule has 8 heteroatoms. The van der Waals surface area contributed by atoms with Gasteiger partial charge >= 0.3 is 6.61 Å². The van der Waals surface area contributed by atoms with Crippen LogP contribution in [0.4, 0.5) is 14.5 Å². The summed E-state index contributed by atoms with van der Waals surface area (Å²) in [7, 11) is 1.65. The largest absolute Gasteiger partial charge is 0.435 e. The van der Waals surface area contributed by atoms with Crippen molar-refractivity contribution in [3.05, 3.63) is 30.0 Å². The second kappa shape index (κ2) is 7.81. The highest BCUT2D eigenvalue weighted by atomic mass is 19.3. The number of rotatable bonds is 6. The summed E-state index contributed by atoms with van der Waals surface area (Å²) in [5.41, 5.74) is 1.02. The van der Waals surface area contributed by atoms with Crippen molar-refractivity contribution >= 4 is 16.6 Å². The number of hydrogen-bond acceptors (Lipinski definition) is 6. The maximum absolute atomic E-state index is 12.5. The van der Waals surface area contributed by atoms with Gasteiger partial charge in [0.25, 0.3) is 0 Å². The molecular formula is C18H19F2N3O3. The van der Waals surface area contributed by atoms with Crippen LogP contribution < -0.4 is 10.1 Å². The lowest BCUT2D eigenvalue weighted by Gasteiger charge is -2.36. The summed E-state index contributed by atoms with van der Waals surface area (Å²) < 4.78 is 40.6. The summed E-state index contributed by atoms with van der Waals surface area (Å²) in [5, 5.41) is 13.2. The van der Waals surface area contributed by atoms with Gasteiger partial charge in [0.15, 0.2) is 0 Å². The van der Waals surface area contributed by atoms with E-state index in [9.17, 15) is 14.0 Å². The van der Waals surface area contributed by atoms with Crippen LogP contribution in [0.2, 0.25) is 0 Å². The molecule has 0 spiro atoms. The Morgan fingerprint density at radius 3 is 2.81 bits per heavy atom. The molecule has 1 N–H and O–H groups in total. The van der Waals surface area contributed by atoms with Gasteiger partial charge in [-0.25, -0.2) is 0 Å². The molecule has 2 aromatic rings. The summed E-state index contributed by atoms with van der Waals surface area (Å²) in [4.78, 5) is 4.21. The van der Waals surface area contributed by atoms with E-state index in [2.05, 4.69) is 21.1 Å². The Bertz CT molecular complexity index is 817. The Labute approximate surface area is 149 Å². The maximum atomic E-state index is 12.5. The molecule has 1 aliphatic rings.